The lowest BCUT2D eigenvalue weighted by Gasteiger charge is -2.16. The maximum Gasteiger partial charge on any atom is 0.269 e. The SMILES string of the molecule is CC1=CC(=NSc2ccc([N+](=O)[O-])cc2)C(C(C)C)=CC1=O. The van der Waals surface area contributed by atoms with Gasteiger partial charge in [-0.05, 0) is 48.3 Å². The quantitative estimate of drug-likeness (QED) is 0.362. The van der Waals surface area contributed by atoms with E-state index in [1.54, 1.807) is 31.2 Å². The Morgan fingerprint density at radius 3 is 2.36 bits per heavy atom. The van der Waals surface area contributed by atoms with E-state index < -0.39 is 4.92 Å². The molecule has 1 aromatic rings. The van der Waals surface area contributed by atoms with Crippen LogP contribution < -0.4 is 0 Å². The average molecular weight is 316 g/mol. The molecule has 0 atom stereocenters. The van der Waals surface area contributed by atoms with E-state index in [9.17, 15) is 14.9 Å². The summed E-state index contributed by atoms with van der Waals surface area (Å²) in [7, 11) is 0. The Hall–Kier alpha value is -2.21. The number of allylic oxidation sites excluding steroid dienone is 4. The van der Waals surface area contributed by atoms with Gasteiger partial charge < -0.3 is 0 Å². The first-order chi connectivity index (χ1) is 10.4. The number of nitro groups is 1. The number of carbonyl (C=O) groups is 1. The maximum atomic E-state index is 11.8. The molecule has 0 saturated heterocycles. The van der Waals surface area contributed by atoms with Crippen molar-refractivity contribution in [1.82, 2.24) is 0 Å². The topological polar surface area (TPSA) is 72.6 Å². The van der Waals surface area contributed by atoms with Gasteiger partial charge in [-0.2, -0.15) is 0 Å². The Bertz CT molecular complexity index is 701. The first kappa shape index (κ1) is 16.2. The van der Waals surface area contributed by atoms with Crippen molar-refractivity contribution in [2.24, 2.45) is 10.3 Å². The van der Waals surface area contributed by atoms with Crippen LogP contribution in [-0.2, 0) is 4.79 Å². The monoisotopic (exact) mass is 316 g/mol. The Morgan fingerprint density at radius 2 is 1.82 bits per heavy atom. The molecule has 0 aromatic heterocycles. The lowest BCUT2D eigenvalue weighted by molar-refractivity contribution is -0.384. The van der Waals surface area contributed by atoms with Gasteiger partial charge in [-0.1, -0.05) is 13.8 Å². The molecule has 0 heterocycles. The van der Waals surface area contributed by atoms with Gasteiger partial charge in [-0.25, -0.2) is 4.40 Å². The molecule has 1 aliphatic rings. The zero-order valence-corrected chi connectivity index (χ0v) is 13.4. The van der Waals surface area contributed by atoms with Crippen LogP contribution in [0.15, 0.2) is 56.9 Å². The molecule has 0 amide bonds. The fraction of sp³-hybridized carbons (Fsp3) is 0.250. The molecule has 6 heteroatoms. The predicted octanol–water partition coefficient (Wildman–Crippen LogP) is 4.15. The van der Waals surface area contributed by atoms with E-state index in [2.05, 4.69) is 4.40 Å². The summed E-state index contributed by atoms with van der Waals surface area (Å²) in [5.41, 5.74) is 2.40. The van der Waals surface area contributed by atoms with Crippen molar-refractivity contribution in [1.29, 1.82) is 0 Å². The molecule has 1 aromatic carbocycles. The molecule has 1 aliphatic carbocycles. The number of non-ortho nitro benzene ring substituents is 1. The van der Waals surface area contributed by atoms with Crippen molar-refractivity contribution in [3.8, 4) is 0 Å². The molecule has 0 fully saturated rings. The summed E-state index contributed by atoms with van der Waals surface area (Å²) in [4.78, 5) is 22.8. The highest BCUT2D eigenvalue weighted by Crippen LogP contribution is 2.26. The van der Waals surface area contributed by atoms with Gasteiger partial charge in [-0.3, -0.25) is 14.9 Å². The number of benzene rings is 1. The van der Waals surface area contributed by atoms with Crippen LogP contribution in [0.2, 0.25) is 0 Å². The van der Waals surface area contributed by atoms with E-state index in [0.717, 1.165) is 16.2 Å². The summed E-state index contributed by atoms with van der Waals surface area (Å²) in [5.74, 6) is 0.215. The fourth-order valence-corrected chi connectivity index (χ4v) is 2.58. The van der Waals surface area contributed by atoms with E-state index in [1.807, 2.05) is 13.8 Å². The first-order valence-corrected chi connectivity index (χ1v) is 7.60. The number of nitro benzene ring substituents is 1. The van der Waals surface area contributed by atoms with Gasteiger partial charge in [-0.15, -0.1) is 0 Å². The minimum atomic E-state index is -0.432. The molecule has 5 nitrogen and oxygen atoms in total. The van der Waals surface area contributed by atoms with Crippen molar-refractivity contribution in [3.63, 3.8) is 0 Å². The lowest BCUT2D eigenvalue weighted by Crippen LogP contribution is -2.15. The molecular formula is C16H16N2O3S. The number of ketones is 1. The molecule has 0 aliphatic heterocycles. The van der Waals surface area contributed by atoms with Gasteiger partial charge in [0.05, 0.1) is 10.6 Å². The molecule has 22 heavy (non-hydrogen) atoms. The van der Waals surface area contributed by atoms with Crippen LogP contribution in [0.4, 0.5) is 5.69 Å². The largest absolute Gasteiger partial charge is 0.290 e. The maximum absolute atomic E-state index is 11.8. The number of hydrogen-bond acceptors (Lipinski definition) is 5. The Kier molecular flexibility index (Phi) is 4.92. The number of rotatable bonds is 4. The van der Waals surface area contributed by atoms with Crippen LogP contribution in [-0.4, -0.2) is 16.4 Å². The van der Waals surface area contributed by atoms with Crippen molar-refractivity contribution >= 4 is 29.1 Å². The zero-order valence-electron chi connectivity index (χ0n) is 12.6. The molecule has 114 valence electrons. The minimum absolute atomic E-state index is 0.0167. The van der Waals surface area contributed by atoms with Gasteiger partial charge in [0.25, 0.3) is 5.69 Å². The molecule has 0 bridgehead atoms. The first-order valence-electron chi connectivity index (χ1n) is 6.82. The van der Waals surface area contributed by atoms with Gasteiger partial charge >= 0.3 is 0 Å². The summed E-state index contributed by atoms with van der Waals surface area (Å²) in [6, 6.07) is 6.23. The number of hydrogen-bond donors (Lipinski definition) is 0. The van der Waals surface area contributed by atoms with Crippen LogP contribution in [0.1, 0.15) is 20.8 Å². The fourth-order valence-electron chi connectivity index (χ4n) is 1.96. The highest BCUT2D eigenvalue weighted by Gasteiger charge is 2.18. The summed E-state index contributed by atoms with van der Waals surface area (Å²) in [5, 5.41) is 10.6. The van der Waals surface area contributed by atoms with Crippen LogP contribution in [0.25, 0.3) is 0 Å². The standard InChI is InChI=1S/C16H16N2O3S/c1-10(2)14-9-16(19)11(3)8-15(14)17-22-13-6-4-12(5-7-13)18(20)21/h4-10H,1-3H3. The summed E-state index contributed by atoms with van der Waals surface area (Å²) < 4.78 is 4.48. The number of carbonyl (C=O) groups excluding carboxylic acids is 1. The molecule has 0 radical (unpaired) electrons. The highest BCUT2D eigenvalue weighted by atomic mass is 32.2. The lowest BCUT2D eigenvalue weighted by atomic mass is 9.90. The van der Waals surface area contributed by atoms with Crippen molar-refractivity contribution in [2.45, 2.75) is 25.7 Å². The van der Waals surface area contributed by atoms with Gasteiger partial charge in [0.15, 0.2) is 5.78 Å². The molecule has 0 unspecified atom stereocenters. The van der Waals surface area contributed by atoms with Gasteiger partial charge in [0, 0.05) is 29.0 Å². The van der Waals surface area contributed by atoms with Gasteiger partial charge in [0.1, 0.15) is 0 Å². The summed E-state index contributed by atoms with van der Waals surface area (Å²) >= 11 is 1.24. The van der Waals surface area contributed by atoms with Crippen LogP contribution in [0.5, 0.6) is 0 Å². The van der Waals surface area contributed by atoms with Crippen molar-refractivity contribution < 1.29 is 9.72 Å². The molecule has 0 saturated carbocycles. The highest BCUT2D eigenvalue weighted by molar-refractivity contribution is 7.98. The second kappa shape index (κ2) is 6.70. The van der Waals surface area contributed by atoms with Crippen LogP contribution in [0, 0.1) is 16.0 Å². The Balaban J connectivity index is 2.22. The van der Waals surface area contributed by atoms with E-state index in [4.69, 9.17) is 0 Å². The van der Waals surface area contributed by atoms with Crippen molar-refractivity contribution in [2.75, 3.05) is 0 Å². The average Bonchev–Trinajstić information content (AvgIpc) is 2.48. The second-order valence-electron chi connectivity index (χ2n) is 5.26. The second-order valence-corrected chi connectivity index (χ2v) is 6.10. The summed E-state index contributed by atoms with van der Waals surface area (Å²) in [6.07, 6.45) is 3.42. The van der Waals surface area contributed by atoms with E-state index in [1.165, 1.54) is 24.1 Å². The predicted molar refractivity (Wildman–Crippen MR) is 88.1 cm³/mol. The minimum Gasteiger partial charge on any atom is -0.290 e. The summed E-state index contributed by atoms with van der Waals surface area (Å²) in [6.45, 7) is 5.79. The van der Waals surface area contributed by atoms with Gasteiger partial charge in [0.2, 0.25) is 0 Å². The smallest absolute Gasteiger partial charge is 0.269 e. The molecule has 2 rings (SSSR count). The molecular weight excluding hydrogens is 300 g/mol. The normalized spacial score (nSPS) is 16.7. The van der Waals surface area contributed by atoms with E-state index in [-0.39, 0.29) is 17.4 Å². The third-order valence-corrected chi connectivity index (χ3v) is 4.01. The third-order valence-electron chi connectivity index (χ3n) is 3.24. The van der Waals surface area contributed by atoms with E-state index >= 15 is 0 Å². The Labute approximate surface area is 133 Å². The van der Waals surface area contributed by atoms with Crippen LogP contribution >= 0.6 is 11.9 Å². The van der Waals surface area contributed by atoms with E-state index in [0.29, 0.717) is 5.57 Å². The van der Waals surface area contributed by atoms with Crippen LogP contribution in [0.3, 0.4) is 0 Å². The number of nitrogens with zero attached hydrogens (tertiary/aromatic N) is 2. The van der Waals surface area contributed by atoms with Crippen molar-refractivity contribution in [3.05, 3.63) is 57.7 Å². The third kappa shape index (κ3) is 3.71. The zero-order chi connectivity index (χ0) is 16.3. The molecule has 0 N–H and O–H groups in total. The molecule has 0 spiro atoms. The Morgan fingerprint density at radius 1 is 1.18 bits per heavy atom.